The van der Waals surface area contributed by atoms with Crippen molar-refractivity contribution in [2.75, 3.05) is 13.2 Å². The first kappa shape index (κ1) is 24.7. The molecule has 0 spiro atoms. The lowest BCUT2D eigenvalue weighted by Crippen LogP contribution is -2.46. The lowest BCUT2D eigenvalue weighted by molar-refractivity contribution is -0.154. The molecule has 0 amide bonds. The van der Waals surface area contributed by atoms with E-state index in [4.69, 9.17) is 9.47 Å². The lowest BCUT2D eigenvalue weighted by Gasteiger charge is -2.48. The molecule has 0 heterocycles. The Morgan fingerprint density at radius 3 is 1.87 bits per heavy atom. The summed E-state index contributed by atoms with van der Waals surface area (Å²) in [7, 11) is 0. The molecule has 2 aliphatic rings. The van der Waals surface area contributed by atoms with E-state index in [1.54, 1.807) is 13.8 Å². The third-order valence-electron chi connectivity index (χ3n) is 7.26. The highest BCUT2D eigenvalue weighted by molar-refractivity contribution is 5.87. The SMILES string of the molecule is C=C(C)C(=O)OCC1CCCCCCC1(COC(=O)C(=C)C)C1CCCCCCC1. The minimum absolute atomic E-state index is 0.127. The molecule has 4 nitrogen and oxygen atoms in total. The number of hydrogen-bond donors (Lipinski definition) is 0. The summed E-state index contributed by atoms with van der Waals surface area (Å²) in [6.45, 7) is 11.7. The van der Waals surface area contributed by atoms with E-state index in [9.17, 15) is 9.59 Å². The maximum atomic E-state index is 12.3. The van der Waals surface area contributed by atoms with Gasteiger partial charge in [-0.1, -0.05) is 70.9 Å². The van der Waals surface area contributed by atoms with Crippen LogP contribution >= 0.6 is 0 Å². The highest BCUT2D eigenvalue weighted by Gasteiger charge is 2.46. The van der Waals surface area contributed by atoms with Gasteiger partial charge in [-0.15, -0.1) is 0 Å². The van der Waals surface area contributed by atoms with Gasteiger partial charge in [0.2, 0.25) is 0 Å². The molecule has 2 aliphatic carbocycles. The fourth-order valence-corrected chi connectivity index (χ4v) is 5.44. The van der Waals surface area contributed by atoms with Gasteiger partial charge < -0.3 is 9.47 Å². The standard InChI is InChI=1S/C26H42O4/c1-20(2)24(27)29-18-23-16-12-8-9-13-17-26(23,19-30-25(28)21(3)4)22-14-10-6-5-7-11-15-22/h22-23H,1,3,5-19H2,2,4H3. The van der Waals surface area contributed by atoms with Crippen molar-refractivity contribution in [1.29, 1.82) is 0 Å². The summed E-state index contributed by atoms with van der Waals surface area (Å²) in [5.74, 6) is 0.0910. The Balaban J connectivity index is 2.32. The zero-order valence-corrected chi connectivity index (χ0v) is 19.3. The largest absolute Gasteiger partial charge is 0.462 e. The van der Waals surface area contributed by atoms with Gasteiger partial charge in [0.15, 0.2) is 0 Å². The predicted molar refractivity (Wildman–Crippen MR) is 121 cm³/mol. The molecule has 0 radical (unpaired) electrons. The number of esters is 2. The van der Waals surface area contributed by atoms with Crippen molar-refractivity contribution in [2.45, 2.75) is 97.3 Å². The van der Waals surface area contributed by atoms with Crippen LogP contribution in [0.15, 0.2) is 24.3 Å². The van der Waals surface area contributed by atoms with E-state index in [1.165, 1.54) is 57.8 Å². The van der Waals surface area contributed by atoms with Crippen molar-refractivity contribution in [3.05, 3.63) is 24.3 Å². The van der Waals surface area contributed by atoms with Crippen molar-refractivity contribution < 1.29 is 19.1 Å². The van der Waals surface area contributed by atoms with E-state index in [1.807, 2.05) is 0 Å². The normalized spacial score (nSPS) is 26.4. The van der Waals surface area contributed by atoms with Crippen LogP contribution in [0.1, 0.15) is 97.3 Å². The first-order valence-electron chi connectivity index (χ1n) is 12.0. The first-order chi connectivity index (χ1) is 14.4. The van der Waals surface area contributed by atoms with E-state index < -0.39 is 0 Å². The van der Waals surface area contributed by atoms with Gasteiger partial charge in [0.1, 0.15) is 0 Å². The van der Waals surface area contributed by atoms with E-state index in [0.29, 0.717) is 30.3 Å². The summed E-state index contributed by atoms with van der Waals surface area (Å²) in [5, 5.41) is 0. The van der Waals surface area contributed by atoms with Crippen molar-refractivity contribution in [3.63, 3.8) is 0 Å². The molecule has 0 aromatic heterocycles. The number of ether oxygens (including phenoxy) is 2. The maximum absolute atomic E-state index is 12.3. The lowest BCUT2D eigenvalue weighted by atomic mass is 9.59. The van der Waals surface area contributed by atoms with Gasteiger partial charge in [-0.2, -0.15) is 0 Å². The molecular formula is C26H42O4. The zero-order valence-electron chi connectivity index (χ0n) is 19.3. The van der Waals surface area contributed by atoms with Gasteiger partial charge in [0.05, 0.1) is 13.2 Å². The second kappa shape index (κ2) is 12.3. The highest BCUT2D eigenvalue weighted by Crippen LogP contribution is 2.50. The molecule has 0 saturated heterocycles. The molecule has 0 aliphatic heterocycles. The predicted octanol–water partition coefficient (Wildman–Crippen LogP) is 6.54. The first-order valence-corrected chi connectivity index (χ1v) is 12.0. The molecule has 170 valence electrons. The molecule has 0 aromatic carbocycles. The molecule has 2 atom stereocenters. The average Bonchev–Trinajstić information content (AvgIpc) is 2.66. The summed E-state index contributed by atoms with van der Waals surface area (Å²) in [6, 6.07) is 0. The second-order valence-corrected chi connectivity index (χ2v) is 9.66. The van der Waals surface area contributed by atoms with Crippen LogP contribution in [0.5, 0.6) is 0 Å². The van der Waals surface area contributed by atoms with Crippen LogP contribution in [0.25, 0.3) is 0 Å². The van der Waals surface area contributed by atoms with Gasteiger partial charge >= 0.3 is 11.9 Å². The van der Waals surface area contributed by atoms with Crippen molar-refractivity contribution in [3.8, 4) is 0 Å². The van der Waals surface area contributed by atoms with Crippen LogP contribution in [-0.4, -0.2) is 25.2 Å². The summed E-state index contributed by atoms with van der Waals surface area (Å²) in [6.07, 6.45) is 15.5. The van der Waals surface area contributed by atoms with Crippen molar-refractivity contribution in [2.24, 2.45) is 17.3 Å². The minimum Gasteiger partial charge on any atom is -0.462 e. The van der Waals surface area contributed by atoms with E-state index >= 15 is 0 Å². The van der Waals surface area contributed by atoms with Gasteiger partial charge in [-0.3, -0.25) is 0 Å². The van der Waals surface area contributed by atoms with Crippen LogP contribution in [0.2, 0.25) is 0 Å². The van der Waals surface area contributed by atoms with E-state index in [2.05, 4.69) is 13.2 Å². The van der Waals surface area contributed by atoms with Gasteiger partial charge in [0, 0.05) is 22.5 Å². The third kappa shape index (κ3) is 6.99. The summed E-state index contributed by atoms with van der Waals surface area (Å²) >= 11 is 0. The van der Waals surface area contributed by atoms with Crippen LogP contribution in [0, 0.1) is 17.3 Å². The molecule has 0 aromatic rings. The molecule has 2 unspecified atom stereocenters. The number of carbonyl (C=O) groups is 2. The van der Waals surface area contributed by atoms with Gasteiger partial charge in [0.25, 0.3) is 0 Å². The van der Waals surface area contributed by atoms with Crippen molar-refractivity contribution >= 4 is 11.9 Å². The van der Waals surface area contributed by atoms with Gasteiger partial charge in [-0.25, -0.2) is 9.59 Å². The maximum Gasteiger partial charge on any atom is 0.333 e. The molecule has 4 heteroatoms. The molecular weight excluding hydrogens is 376 g/mol. The fraction of sp³-hybridized carbons (Fsp3) is 0.769. The Bertz CT molecular complexity index is 600. The Morgan fingerprint density at radius 1 is 0.767 bits per heavy atom. The number of carbonyl (C=O) groups excluding carboxylic acids is 2. The van der Waals surface area contributed by atoms with Crippen LogP contribution in [-0.2, 0) is 19.1 Å². The van der Waals surface area contributed by atoms with E-state index in [-0.39, 0.29) is 23.3 Å². The molecule has 2 saturated carbocycles. The molecule has 2 fully saturated rings. The number of hydrogen-bond acceptors (Lipinski definition) is 4. The fourth-order valence-electron chi connectivity index (χ4n) is 5.44. The van der Waals surface area contributed by atoms with Gasteiger partial charge in [-0.05, 0) is 45.4 Å². The molecule has 30 heavy (non-hydrogen) atoms. The molecule has 0 bridgehead atoms. The quantitative estimate of drug-likeness (QED) is 0.348. The Labute approximate surface area is 183 Å². The monoisotopic (exact) mass is 418 g/mol. The van der Waals surface area contributed by atoms with Crippen molar-refractivity contribution in [1.82, 2.24) is 0 Å². The topological polar surface area (TPSA) is 52.6 Å². The second-order valence-electron chi connectivity index (χ2n) is 9.66. The summed E-state index contributed by atoms with van der Waals surface area (Å²) in [5.41, 5.74) is 0.753. The highest BCUT2D eigenvalue weighted by atomic mass is 16.5. The minimum atomic E-state index is -0.317. The Kier molecular flexibility index (Phi) is 10.1. The third-order valence-corrected chi connectivity index (χ3v) is 7.26. The van der Waals surface area contributed by atoms with Crippen LogP contribution in [0.4, 0.5) is 0 Å². The summed E-state index contributed by atoms with van der Waals surface area (Å²) in [4.78, 5) is 24.5. The molecule has 2 rings (SSSR count). The molecule has 0 N–H and O–H groups in total. The Morgan fingerprint density at radius 2 is 1.27 bits per heavy atom. The zero-order chi connectivity index (χ0) is 22.0. The van der Waals surface area contributed by atoms with Crippen LogP contribution in [0.3, 0.4) is 0 Å². The average molecular weight is 419 g/mol. The smallest absolute Gasteiger partial charge is 0.333 e. The Hall–Kier alpha value is -1.58. The summed E-state index contributed by atoms with van der Waals surface area (Å²) < 4.78 is 11.6. The number of rotatable bonds is 7. The van der Waals surface area contributed by atoms with Crippen LogP contribution < -0.4 is 0 Å². The van der Waals surface area contributed by atoms with E-state index in [0.717, 1.165) is 25.7 Å².